The van der Waals surface area contributed by atoms with Crippen LogP contribution >= 0.6 is 22.9 Å². The van der Waals surface area contributed by atoms with Gasteiger partial charge in [-0.15, -0.1) is 0 Å². The zero-order valence-electron chi connectivity index (χ0n) is 8.57. The van der Waals surface area contributed by atoms with E-state index in [1.807, 2.05) is 0 Å². The molecule has 82 valence electrons. The van der Waals surface area contributed by atoms with Crippen LogP contribution in [-0.4, -0.2) is 23.9 Å². The summed E-state index contributed by atoms with van der Waals surface area (Å²) in [5.74, 6) is 0. The molecule has 5 heteroatoms. The highest BCUT2D eigenvalue weighted by Crippen LogP contribution is 2.33. The molecule has 0 aliphatic carbocycles. The van der Waals surface area contributed by atoms with Crippen molar-refractivity contribution in [1.29, 1.82) is 0 Å². The van der Waals surface area contributed by atoms with E-state index >= 15 is 0 Å². The molecule has 1 aliphatic rings. The van der Waals surface area contributed by atoms with Crippen LogP contribution < -0.4 is 4.90 Å². The summed E-state index contributed by atoms with van der Waals surface area (Å²) in [6.07, 6.45) is 4.31. The predicted octanol–water partition coefficient (Wildman–Crippen LogP) is 2.99. The Morgan fingerprint density at radius 3 is 3.13 bits per heavy atom. The average Bonchev–Trinajstić information content (AvgIpc) is 2.82. The van der Waals surface area contributed by atoms with E-state index in [2.05, 4.69) is 16.8 Å². The van der Waals surface area contributed by atoms with E-state index in [1.165, 1.54) is 24.2 Å². The summed E-state index contributed by atoms with van der Waals surface area (Å²) in [7, 11) is 0. The van der Waals surface area contributed by atoms with E-state index in [9.17, 15) is 4.79 Å². The predicted molar refractivity (Wildman–Crippen MR) is 63.2 cm³/mol. The summed E-state index contributed by atoms with van der Waals surface area (Å²) >= 11 is 7.25. The Hall–Kier alpha value is -0.610. The Labute approximate surface area is 98.1 Å². The third-order valence-corrected chi connectivity index (χ3v) is 4.22. The minimum atomic E-state index is 0.340. The molecule has 1 saturated heterocycles. The van der Waals surface area contributed by atoms with Gasteiger partial charge in [0, 0.05) is 12.6 Å². The van der Waals surface area contributed by atoms with Crippen LogP contribution in [0.15, 0.2) is 0 Å². The van der Waals surface area contributed by atoms with Gasteiger partial charge in [0.05, 0.1) is 0 Å². The van der Waals surface area contributed by atoms with Crippen molar-refractivity contribution in [1.82, 2.24) is 4.98 Å². The molecule has 1 fully saturated rings. The first-order valence-electron chi connectivity index (χ1n) is 5.14. The van der Waals surface area contributed by atoms with Crippen molar-refractivity contribution in [2.45, 2.75) is 32.2 Å². The van der Waals surface area contributed by atoms with Gasteiger partial charge in [0.2, 0.25) is 0 Å². The smallest absolute Gasteiger partial charge is 0.187 e. The van der Waals surface area contributed by atoms with Gasteiger partial charge in [-0.05, 0) is 19.3 Å². The quantitative estimate of drug-likeness (QED) is 0.767. The van der Waals surface area contributed by atoms with Crippen LogP contribution in [0.3, 0.4) is 0 Å². The average molecular weight is 245 g/mol. The minimum Gasteiger partial charge on any atom is -0.345 e. The molecule has 2 heterocycles. The summed E-state index contributed by atoms with van der Waals surface area (Å²) < 4.78 is 0. The molecule has 0 saturated carbocycles. The van der Waals surface area contributed by atoms with Crippen molar-refractivity contribution in [2.75, 3.05) is 11.4 Å². The Balaban J connectivity index is 2.24. The third-order valence-electron chi connectivity index (χ3n) is 2.80. The van der Waals surface area contributed by atoms with Crippen molar-refractivity contribution >= 4 is 34.4 Å². The molecule has 1 atom stereocenters. The maximum absolute atomic E-state index is 10.7. The van der Waals surface area contributed by atoms with Gasteiger partial charge in [0.1, 0.15) is 4.88 Å². The highest BCUT2D eigenvalue weighted by atomic mass is 35.5. The van der Waals surface area contributed by atoms with Crippen molar-refractivity contribution < 1.29 is 4.79 Å². The molecule has 1 aromatic rings. The number of anilines is 1. The molecule has 0 bridgehead atoms. The lowest BCUT2D eigenvalue weighted by molar-refractivity contribution is 0.112. The van der Waals surface area contributed by atoms with Crippen LogP contribution in [0.5, 0.6) is 0 Å². The van der Waals surface area contributed by atoms with Gasteiger partial charge in [0.25, 0.3) is 0 Å². The molecular formula is C10H13ClN2OS. The van der Waals surface area contributed by atoms with Crippen LogP contribution in [0.1, 0.15) is 35.9 Å². The number of rotatable bonds is 3. The number of carbonyl (C=O) groups excluding carboxylic acids is 1. The van der Waals surface area contributed by atoms with E-state index in [-0.39, 0.29) is 0 Å². The monoisotopic (exact) mass is 244 g/mol. The maximum atomic E-state index is 10.7. The molecule has 3 nitrogen and oxygen atoms in total. The Kier molecular flexibility index (Phi) is 3.26. The Morgan fingerprint density at radius 1 is 1.73 bits per heavy atom. The molecule has 0 N–H and O–H groups in total. The lowest BCUT2D eigenvalue weighted by Crippen LogP contribution is -2.28. The van der Waals surface area contributed by atoms with Crippen molar-refractivity contribution in [3.8, 4) is 0 Å². The van der Waals surface area contributed by atoms with Crippen molar-refractivity contribution in [3.05, 3.63) is 10.0 Å². The molecule has 1 aromatic heterocycles. The number of aldehydes is 1. The SMILES string of the molecule is CCC1CCCN1c1nc(Cl)c(C=O)s1. The summed E-state index contributed by atoms with van der Waals surface area (Å²) in [6, 6.07) is 0.562. The molecule has 15 heavy (non-hydrogen) atoms. The molecule has 1 unspecified atom stereocenters. The van der Waals surface area contributed by atoms with Crippen LogP contribution in [0.2, 0.25) is 5.15 Å². The van der Waals surface area contributed by atoms with Gasteiger partial charge in [-0.1, -0.05) is 29.9 Å². The van der Waals surface area contributed by atoms with Crippen LogP contribution in [0, 0.1) is 0 Å². The molecule has 1 aliphatic heterocycles. The van der Waals surface area contributed by atoms with Crippen molar-refractivity contribution in [3.63, 3.8) is 0 Å². The van der Waals surface area contributed by atoms with E-state index < -0.39 is 0 Å². The normalized spacial score (nSPS) is 20.9. The summed E-state index contributed by atoms with van der Waals surface area (Å²) in [6.45, 7) is 3.21. The molecular weight excluding hydrogens is 232 g/mol. The highest BCUT2D eigenvalue weighted by molar-refractivity contribution is 7.17. The topological polar surface area (TPSA) is 33.2 Å². The summed E-state index contributed by atoms with van der Waals surface area (Å²) in [5, 5.41) is 1.23. The largest absolute Gasteiger partial charge is 0.345 e. The first kappa shape index (κ1) is 10.9. The minimum absolute atomic E-state index is 0.340. The van der Waals surface area contributed by atoms with Gasteiger partial charge in [-0.2, -0.15) is 0 Å². The Bertz CT molecular complexity index is 366. The second-order valence-electron chi connectivity index (χ2n) is 3.67. The van der Waals surface area contributed by atoms with Crippen LogP contribution in [0.4, 0.5) is 5.13 Å². The number of thiazole rings is 1. The molecule has 0 amide bonds. The third kappa shape index (κ3) is 2.01. The number of nitrogens with zero attached hydrogens (tertiary/aromatic N) is 2. The van der Waals surface area contributed by atoms with Gasteiger partial charge < -0.3 is 4.90 Å². The second kappa shape index (κ2) is 4.49. The Morgan fingerprint density at radius 2 is 2.53 bits per heavy atom. The first-order valence-corrected chi connectivity index (χ1v) is 6.33. The van der Waals surface area contributed by atoms with E-state index in [0.29, 0.717) is 16.1 Å². The molecule has 0 radical (unpaired) electrons. The number of carbonyl (C=O) groups is 1. The number of hydrogen-bond donors (Lipinski definition) is 0. The van der Waals surface area contributed by atoms with E-state index in [4.69, 9.17) is 11.6 Å². The maximum Gasteiger partial charge on any atom is 0.187 e. The van der Waals surface area contributed by atoms with Crippen LogP contribution in [-0.2, 0) is 0 Å². The van der Waals surface area contributed by atoms with Crippen LogP contribution in [0.25, 0.3) is 0 Å². The lowest BCUT2D eigenvalue weighted by Gasteiger charge is -2.22. The van der Waals surface area contributed by atoms with Gasteiger partial charge >= 0.3 is 0 Å². The highest BCUT2D eigenvalue weighted by Gasteiger charge is 2.26. The van der Waals surface area contributed by atoms with Gasteiger partial charge in [-0.25, -0.2) is 4.98 Å². The van der Waals surface area contributed by atoms with E-state index in [0.717, 1.165) is 24.4 Å². The molecule has 0 spiro atoms. The molecule has 0 aromatic carbocycles. The zero-order valence-corrected chi connectivity index (χ0v) is 10.1. The first-order chi connectivity index (χ1) is 7.26. The second-order valence-corrected chi connectivity index (χ2v) is 5.03. The molecule has 2 rings (SSSR count). The fraction of sp³-hybridized carbons (Fsp3) is 0.600. The fourth-order valence-electron chi connectivity index (χ4n) is 2.01. The standard InChI is InChI=1S/C10H13ClN2OS/c1-2-7-4-3-5-13(7)10-12-9(11)8(6-14)15-10/h6-7H,2-5H2,1H3. The number of hydrogen-bond acceptors (Lipinski definition) is 4. The zero-order chi connectivity index (χ0) is 10.8. The number of halogens is 1. The fourth-order valence-corrected chi connectivity index (χ4v) is 3.17. The van der Waals surface area contributed by atoms with Gasteiger partial charge in [-0.3, -0.25) is 4.79 Å². The number of aromatic nitrogens is 1. The van der Waals surface area contributed by atoms with Crippen molar-refractivity contribution in [2.24, 2.45) is 0 Å². The van der Waals surface area contributed by atoms with Gasteiger partial charge in [0.15, 0.2) is 16.6 Å². The summed E-state index contributed by atoms with van der Waals surface area (Å²) in [4.78, 5) is 17.7. The lowest BCUT2D eigenvalue weighted by atomic mass is 10.2. The van der Waals surface area contributed by atoms with E-state index in [1.54, 1.807) is 0 Å². The summed E-state index contributed by atoms with van der Waals surface area (Å²) in [5.41, 5.74) is 0.